The quantitative estimate of drug-likeness (QED) is 0.464. The van der Waals surface area contributed by atoms with E-state index in [1.54, 1.807) is 6.92 Å². The van der Waals surface area contributed by atoms with Gasteiger partial charge in [0.15, 0.2) is 6.61 Å². The lowest BCUT2D eigenvalue weighted by Crippen LogP contribution is -2.20. The van der Waals surface area contributed by atoms with E-state index in [0.29, 0.717) is 11.3 Å². The summed E-state index contributed by atoms with van der Waals surface area (Å²) in [5.74, 6) is -1.52. The Morgan fingerprint density at radius 2 is 1.96 bits per heavy atom. The van der Waals surface area contributed by atoms with E-state index in [9.17, 15) is 19.7 Å². The maximum atomic E-state index is 11.9. The number of benzene rings is 1. The first-order valence-electron chi connectivity index (χ1n) is 7.30. The first-order chi connectivity index (χ1) is 12.0. The molecule has 25 heavy (non-hydrogen) atoms. The number of anilines is 1. The molecule has 1 N–H and O–H groups in total. The molecule has 0 atom stereocenters. The summed E-state index contributed by atoms with van der Waals surface area (Å²) in [5, 5.41) is 13.4. The molecule has 2 aromatic rings. The fourth-order valence-electron chi connectivity index (χ4n) is 1.88. The zero-order valence-corrected chi connectivity index (χ0v) is 13.3. The molecule has 0 aliphatic heterocycles. The Bertz CT molecular complexity index is 776. The highest BCUT2D eigenvalue weighted by molar-refractivity contribution is 5.93. The summed E-state index contributed by atoms with van der Waals surface area (Å²) in [6.45, 7) is 1.56. The van der Waals surface area contributed by atoms with Crippen LogP contribution in [0.15, 0.2) is 42.6 Å². The summed E-state index contributed by atoms with van der Waals surface area (Å²) < 4.78 is 10.00. The molecule has 2 rings (SSSR count). The van der Waals surface area contributed by atoms with Crippen molar-refractivity contribution in [3.63, 3.8) is 0 Å². The Hall–Kier alpha value is -3.49. The number of ether oxygens (including phenoxy) is 2. The number of hydrogen-bond acceptors (Lipinski definition) is 7. The van der Waals surface area contributed by atoms with Gasteiger partial charge < -0.3 is 24.9 Å². The number of hydrogen-bond donors (Lipinski definition) is 1. The second kappa shape index (κ2) is 8.39. The van der Waals surface area contributed by atoms with Crippen LogP contribution in [-0.2, 0) is 9.53 Å². The van der Waals surface area contributed by atoms with E-state index in [-0.39, 0.29) is 12.4 Å². The lowest BCUT2D eigenvalue weighted by atomic mass is 10.2. The summed E-state index contributed by atoms with van der Waals surface area (Å²) in [7, 11) is 0. The van der Waals surface area contributed by atoms with Crippen molar-refractivity contribution in [3.8, 4) is 5.75 Å². The molecule has 0 spiro atoms. The minimum Gasteiger partial charge on any atom is -0.476 e. The van der Waals surface area contributed by atoms with Crippen LogP contribution in [-0.4, -0.2) is 35.0 Å². The first-order valence-corrected chi connectivity index (χ1v) is 7.30. The van der Waals surface area contributed by atoms with E-state index in [1.165, 1.54) is 42.6 Å². The van der Waals surface area contributed by atoms with Gasteiger partial charge in [0.2, 0.25) is 5.75 Å². The number of aromatic nitrogens is 1. The van der Waals surface area contributed by atoms with Crippen LogP contribution in [0.3, 0.4) is 0 Å². The molecule has 0 saturated heterocycles. The van der Waals surface area contributed by atoms with Gasteiger partial charge in [-0.1, -0.05) is 0 Å². The second-order valence-corrected chi connectivity index (χ2v) is 4.72. The van der Waals surface area contributed by atoms with Crippen molar-refractivity contribution < 1.29 is 24.0 Å². The number of nitrogens with one attached hydrogen (secondary N) is 1. The average molecular weight is 345 g/mol. The van der Waals surface area contributed by atoms with Crippen LogP contribution in [0.1, 0.15) is 17.3 Å². The van der Waals surface area contributed by atoms with Gasteiger partial charge in [-0.25, -0.2) is 4.79 Å². The first kappa shape index (κ1) is 17.9. The highest BCUT2D eigenvalue weighted by Crippen LogP contribution is 2.22. The van der Waals surface area contributed by atoms with Crippen LogP contribution < -0.4 is 10.1 Å². The molecule has 0 radical (unpaired) electrons. The van der Waals surface area contributed by atoms with Crippen molar-refractivity contribution in [2.45, 2.75) is 6.92 Å². The zero-order chi connectivity index (χ0) is 18.2. The third-order valence-corrected chi connectivity index (χ3v) is 2.96. The van der Waals surface area contributed by atoms with Crippen molar-refractivity contribution in [1.29, 1.82) is 0 Å². The van der Waals surface area contributed by atoms with E-state index < -0.39 is 29.2 Å². The third kappa shape index (κ3) is 4.99. The number of nitro groups is 1. The van der Waals surface area contributed by atoms with E-state index in [1.807, 2.05) is 0 Å². The van der Waals surface area contributed by atoms with Crippen molar-refractivity contribution in [1.82, 2.24) is 4.98 Å². The molecule has 0 saturated carbocycles. The Labute approximate surface area is 142 Å². The lowest BCUT2D eigenvalue weighted by molar-refractivity contribution is -0.390. The van der Waals surface area contributed by atoms with E-state index in [2.05, 4.69) is 10.3 Å². The van der Waals surface area contributed by atoms with Gasteiger partial charge in [0, 0.05) is 5.69 Å². The van der Waals surface area contributed by atoms with E-state index in [0.717, 1.165) is 0 Å². The van der Waals surface area contributed by atoms with Crippen LogP contribution >= 0.6 is 0 Å². The molecule has 1 aromatic carbocycles. The Morgan fingerprint density at radius 1 is 1.24 bits per heavy atom. The van der Waals surface area contributed by atoms with Gasteiger partial charge in [-0.15, -0.1) is 0 Å². The summed E-state index contributed by atoms with van der Waals surface area (Å²) in [6.07, 6.45) is 1.26. The van der Waals surface area contributed by atoms with Crippen molar-refractivity contribution in [2.75, 3.05) is 18.5 Å². The normalized spacial score (nSPS) is 9.96. The highest BCUT2D eigenvalue weighted by atomic mass is 16.6. The van der Waals surface area contributed by atoms with Crippen LogP contribution in [0.2, 0.25) is 0 Å². The second-order valence-electron chi connectivity index (χ2n) is 4.72. The standard InChI is InChI=1S/C16H15N3O6/c1-2-24-16(21)11-5-7-12(8-6-11)18-14(20)10-25-13-4-3-9-17-15(13)19(22)23/h3-9H,2,10H2,1H3,(H,18,20). The average Bonchev–Trinajstić information content (AvgIpc) is 2.61. The molecule has 130 valence electrons. The number of esters is 1. The van der Waals surface area contributed by atoms with Crippen LogP contribution in [0.5, 0.6) is 5.75 Å². The van der Waals surface area contributed by atoms with Crippen molar-refractivity contribution in [3.05, 3.63) is 58.3 Å². The predicted octanol–water partition coefficient (Wildman–Crippen LogP) is 2.18. The SMILES string of the molecule is CCOC(=O)c1ccc(NC(=O)COc2cccnc2[N+](=O)[O-])cc1. The van der Waals surface area contributed by atoms with Crippen LogP contribution in [0.4, 0.5) is 11.5 Å². The number of nitrogens with zero attached hydrogens (tertiary/aromatic N) is 2. The molecular weight excluding hydrogens is 330 g/mol. The van der Waals surface area contributed by atoms with Crippen molar-refractivity contribution in [2.24, 2.45) is 0 Å². The fourth-order valence-corrected chi connectivity index (χ4v) is 1.88. The lowest BCUT2D eigenvalue weighted by Gasteiger charge is -2.08. The van der Waals surface area contributed by atoms with Crippen LogP contribution in [0.25, 0.3) is 0 Å². The van der Waals surface area contributed by atoms with Gasteiger partial charge in [0.25, 0.3) is 5.91 Å². The molecule has 1 heterocycles. The number of rotatable bonds is 7. The van der Waals surface area contributed by atoms with Gasteiger partial charge in [-0.2, -0.15) is 0 Å². The van der Waals surface area contributed by atoms with Crippen molar-refractivity contribution >= 4 is 23.4 Å². The highest BCUT2D eigenvalue weighted by Gasteiger charge is 2.16. The predicted molar refractivity (Wildman–Crippen MR) is 87.4 cm³/mol. The minimum atomic E-state index is -0.693. The summed E-state index contributed by atoms with van der Waals surface area (Å²) in [5.41, 5.74) is 0.810. The molecule has 0 aliphatic carbocycles. The largest absolute Gasteiger partial charge is 0.476 e. The molecule has 1 aromatic heterocycles. The summed E-state index contributed by atoms with van der Waals surface area (Å²) in [4.78, 5) is 37.1. The fraction of sp³-hybridized carbons (Fsp3) is 0.188. The number of pyridine rings is 1. The van der Waals surface area contributed by atoms with E-state index in [4.69, 9.17) is 9.47 Å². The summed E-state index contributed by atoms with van der Waals surface area (Å²) in [6, 6.07) is 8.93. The van der Waals surface area contributed by atoms with Gasteiger partial charge in [0.05, 0.1) is 12.2 Å². The molecular formula is C16H15N3O6. The Morgan fingerprint density at radius 3 is 2.60 bits per heavy atom. The molecule has 9 heteroatoms. The molecule has 9 nitrogen and oxygen atoms in total. The molecule has 0 bridgehead atoms. The Kier molecular flexibility index (Phi) is 5.99. The van der Waals surface area contributed by atoms with Crippen LogP contribution in [0, 0.1) is 10.1 Å². The Balaban J connectivity index is 1.93. The molecule has 0 unspecified atom stereocenters. The zero-order valence-electron chi connectivity index (χ0n) is 13.3. The minimum absolute atomic E-state index is 0.0969. The van der Waals surface area contributed by atoms with E-state index >= 15 is 0 Å². The maximum absolute atomic E-state index is 11.9. The molecule has 0 fully saturated rings. The number of amides is 1. The van der Waals surface area contributed by atoms with Gasteiger partial charge in [-0.05, 0) is 53.2 Å². The molecule has 0 aliphatic rings. The third-order valence-electron chi connectivity index (χ3n) is 2.96. The monoisotopic (exact) mass is 345 g/mol. The topological polar surface area (TPSA) is 121 Å². The van der Waals surface area contributed by atoms with Gasteiger partial charge in [-0.3, -0.25) is 4.79 Å². The van der Waals surface area contributed by atoms with Gasteiger partial charge in [0.1, 0.15) is 6.20 Å². The maximum Gasteiger partial charge on any atom is 0.406 e. The molecule has 1 amide bonds. The number of carbonyl (C=O) groups excluding carboxylic acids is 2. The number of carbonyl (C=O) groups is 2. The van der Waals surface area contributed by atoms with Gasteiger partial charge >= 0.3 is 11.8 Å². The smallest absolute Gasteiger partial charge is 0.406 e. The summed E-state index contributed by atoms with van der Waals surface area (Å²) >= 11 is 0.